The molecule has 0 spiro atoms. The average Bonchev–Trinajstić information content (AvgIpc) is 2.77. The lowest BCUT2D eigenvalue weighted by Crippen LogP contribution is -2.48. The highest BCUT2D eigenvalue weighted by molar-refractivity contribution is 7.53. The van der Waals surface area contributed by atoms with Gasteiger partial charge in [-0.1, -0.05) is 78.9 Å². The van der Waals surface area contributed by atoms with E-state index in [4.69, 9.17) is 4.52 Å². The molecule has 1 aliphatic heterocycles. The van der Waals surface area contributed by atoms with Gasteiger partial charge in [0.15, 0.2) is 0 Å². The molecule has 0 aromatic heterocycles. The number of piperazine rings is 1. The monoisotopic (exact) mass is 422 g/mol. The Kier molecular flexibility index (Phi) is 6.66. The van der Waals surface area contributed by atoms with Crippen LogP contribution in [-0.2, 0) is 4.57 Å². The van der Waals surface area contributed by atoms with E-state index in [0.29, 0.717) is 5.75 Å². The van der Waals surface area contributed by atoms with Gasteiger partial charge in [0.1, 0.15) is 12.0 Å². The summed E-state index contributed by atoms with van der Waals surface area (Å²) in [6, 6.07) is 30.0. The minimum absolute atomic E-state index is 0.0388. The largest absolute Gasteiger partial charge is 0.424 e. The van der Waals surface area contributed by atoms with Crippen LogP contribution in [0.25, 0.3) is 0 Å². The lowest BCUT2D eigenvalue weighted by molar-refractivity contribution is 0.117. The number of hydrogen-bond acceptors (Lipinski definition) is 4. The Morgan fingerprint density at radius 1 is 0.767 bits per heavy atom. The molecule has 0 aliphatic carbocycles. The Bertz CT molecular complexity index is 922. The Morgan fingerprint density at radius 3 is 1.73 bits per heavy atom. The fraction of sp³-hybridized carbons (Fsp3) is 0.250. The van der Waals surface area contributed by atoms with Gasteiger partial charge in [-0.3, -0.25) is 9.80 Å². The van der Waals surface area contributed by atoms with Crippen LogP contribution >= 0.6 is 7.60 Å². The van der Waals surface area contributed by atoms with Crippen molar-refractivity contribution in [2.45, 2.75) is 6.04 Å². The molecule has 1 unspecified atom stereocenters. The number of rotatable bonds is 7. The molecule has 4 rings (SSSR count). The molecule has 1 fully saturated rings. The summed E-state index contributed by atoms with van der Waals surface area (Å²) in [5.41, 5.74) is 2.52. The molecular weight excluding hydrogens is 395 g/mol. The molecule has 0 saturated carbocycles. The smallest absolute Gasteiger partial charge is 0.390 e. The molecule has 0 radical (unpaired) electrons. The standard InChI is InChI=1S/C24H27N2O3P/c27-30(28,29-23-14-8-3-9-15-23)20-25-16-18-26(19-17-25)24(21-10-4-1-5-11-21)22-12-6-2-7-13-22/h1-15,24H,16-20H2,(H,27,28). The minimum atomic E-state index is -3.74. The number of benzene rings is 3. The summed E-state index contributed by atoms with van der Waals surface area (Å²) in [7, 11) is -3.74. The first-order valence-corrected chi connectivity index (χ1v) is 12.0. The van der Waals surface area contributed by atoms with Crippen molar-refractivity contribution in [3.8, 4) is 5.75 Å². The maximum Gasteiger partial charge on any atom is 0.390 e. The van der Waals surface area contributed by atoms with Crippen LogP contribution in [0.1, 0.15) is 17.2 Å². The van der Waals surface area contributed by atoms with Gasteiger partial charge in [-0.05, 0) is 23.3 Å². The molecule has 0 bridgehead atoms. The summed E-state index contributed by atoms with van der Waals surface area (Å²) in [6.07, 6.45) is 0.0388. The Morgan fingerprint density at radius 2 is 1.23 bits per heavy atom. The van der Waals surface area contributed by atoms with Crippen molar-refractivity contribution in [1.82, 2.24) is 9.80 Å². The van der Waals surface area contributed by atoms with Gasteiger partial charge in [0, 0.05) is 26.2 Å². The van der Waals surface area contributed by atoms with E-state index in [1.165, 1.54) is 11.1 Å². The highest BCUT2D eigenvalue weighted by Crippen LogP contribution is 2.43. The van der Waals surface area contributed by atoms with E-state index in [0.717, 1.165) is 26.2 Å². The van der Waals surface area contributed by atoms with Gasteiger partial charge >= 0.3 is 7.60 Å². The molecule has 156 valence electrons. The van der Waals surface area contributed by atoms with Gasteiger partial charge in [-0.25, -0.2) is 4.57 Å². The molecular formula is C24H27N2O3P. The average molecular weight is 422 g/mol. The quantitative estimate of drug-likeness (QED) is 0.564. The predicted octanol–water partition coefficient (Wildman–Crippen LogP) is 4.62. The minimum Gasteiger partial charge on any atom is -0.424 e. The maximum absolute atomic E-state index is 12.6. The molecule has 30 heavy (non-hydrogen) atoms. The summed E-state index contributed by atoms with van der Waals surface area (Å²) in [5.74, 6) is 0.426. The third kappa shape index (κ3) is 5.38. The Labute approximate surface area is 178 Å². The molecule has 1 N–H and O–H groups in total. The zero-order valence-corrected chi connectivity index (χ0v) is 17.8. The second-order valence-electron chi connectivity index (χ2n) is 7.56. The zero-order chi connectivity index (χ0) is 20.8. The van der Waals surface area contributed by atoms with Crippen molar-refractivity contribution >= 4 is 7.60 Å². The fourth-order valence-corrected chi connectivity index (χ4v) is 5.27. The van der Waals surface area contributed by atoms with Gasteiger partial charge in [0.25, 0.3) is 0 Å². The summed E-state index contributed by atoms with van der Waals surface area (Å²) in [4.78, 5) is 14.8. The molecule has 3 aromatic carbocycles. The van der Waals surface area contributed by atoms with E-state index >= 15 is 0 Å². The SMILES string of the molecule is O=P(O)(CN1CCN(C(c2ccccc2)c2ccccc2)CC1)Oc1ccccc1. The second-order valence-corrected chi connectivity index (χ2v) is 9.30. The number of para-hydroxylation sites is 1. The molecule has 0 amide bonds. The fourth-order valence-electron chi connectivity index (χ4n) is 3.98. The van der Waals surface area contributed by atoms with Crippen LogP contribution in [0, 0.1) is 0 Å². The van der Waals surface area contributed by atoms with Crippen molar-refractivity contribution in [3.63, 3.8) is 0 Å². The van der Waals surface area contributed by atoms with Crippen molar-refractivity contribution in [3.05, 3.63) is 102 Å². The van der Waals surface area contributed by atoms with Gasteiger partial charge in [0.2, 0.25) is 0 Å². The maximum atomic E-state index is 12.6. The van der Waals surface area contributed by atoms with Crippen molar-refractivity contribution in [1.29, 1.82) is 0 Å². The normalized spacial score (nSPS) is 17.5. The molecule has 1 heterocycles. The summed E-state index contributed by atoms with van der Waals surface area (Å²) in [5, 5.41) is 0. The van der Waals surface area contributed by atoms with Crippen LogP contribution < -0.4 is 4.52 Å². The third-order valence-electron chi connectivity index (χ3n) is 5.37. The van der Waals surface area contributed by atoms with Gasteiger partial charge < -0.3 is 9.42 Å². The van der Waals surface area contributed by atoms with Crippen LogP contribution in [0.4, 0.5) is 0 Å². The highest BCUT2D eigenvalue weighted by Gasteiger charge is 2.30. The first-order chi connectivity index (χ1) is 14.6. The molecule has 1 atom stereocenters. The molecule has 5 nitrogen and oxygen atoms in total. The van der Waals surface area contributed by atoms with Crippen LogP contribution in [0.5, 0.6) is 5.75 Å². The van der Waals surface area contributed by atoms with Crippen molar-refractivity contribution in [2.75, 3.05) is 32.5 Å². The Hall–Kier alpha value is -2.43. The lowest BCUT2D eigenvalue weighted by atomic mass is 9.96. The lowest BCUT2D eigenvalue weighted by Gasteiger charge is -2.40. The second kappa shape index (κ2) is 9.59. The van der Waals surface area contributed by atoms with Crippen LogP contribution in [0.15, 0.2) is 91.0 Å². The predicted molar refractivity (Wildman–Crippen MR) is 120 cm³/mol. The van der Waals surface area contributed by atoms with Gasteiger partial charge in [0.05, 0.1) is 6.04 Å². The first-order valence-electron chi connectivity index (χ1n) is 10.2. The van der Waals surface area contributed by atoms with Crippen molar-refractivity contribution in [2.24, 2.45) is 0 Å². The van der Waals surface area contributed by atoms with Gasteiger partial charge in [-0.15, -0.1) is 0 Å². The van der Waals surface area contributed by atoms with E-state index < -0.39 is 7.60 Å². The van der Waals surface area contributed by atoms with Gasteiger partial charge in [-0.2, -0.15) is 0 Å². The van der Waals surface area contributed by atoms with Crippen LogP contribution in [-0.4, -0.2) is 47.2 Å². The molecule has 1 aliphatic rings. The van der Waals surface area contributed by atoms with E-state index in [2.05, 4.69) is 53.4 Å². The molecule has 1 saturated heterocycles. The van der Waals surface area contributed by atoms with E-state index in [1.807, 2.05) is 23.1 Å². The third-order valence-corrected chi connectivity index (χ3v) is 6.63. The topological polar surface area (TPSA) is 53.0 Å². The summed E-state index contributed by atoms with van der Waals surface area (Å²) in [6.45, 7) is 3.08. The molecule has 6 heteroatoms. The zero-order valence-electron chi connectivity index (χ0n) is 16.9. The van der Waals surface area contributed by atoms with Crippen LogP contribution in [0.2, 0.25) is 0 Å². The van der Waals surface area contributed by atoms with Crippen LogP contribution in [0.3, 0.4) is 0 Å². The number of hydrogen-bond donors (Lipinski definition) is 1. The van der Waals surface area contributed by atoms with Crippen molar-refractivity contribution < 1.29 is 14.0 Å². The Balaban J connectivity index is 1.42. The van der Waals surface area contributed by atoms with E-state index in [1.54, 1.807) is 24.3 Å². The van der Waals surface area contributed by atoms with E-state index in [9.17, 15) is 9.46 Å². The summed E-state index contributed by atoms with van der Waals surface area (Å²) < 4.78 is 18.0. The highest BCUT2D eigenvalue weighted by atomic mass is 31.2. The number of nitrogens with zero attached hydrogens (tertiary/aromatic N) is 2. The van der Waals surface area contributed by atoms with E-state index in [-0.39, 0.29) is 12.3 Å². The first kappa shape index (κ1) is 20.8. The summed E-state index contributed by atoms with van der Waals surface area (Å²) >= 11 is 0. The molecule has 3 aromatic rings.